The number of alkyl halides is 3. The van der Waals surface area contributed by atoms with E-state index in [1.165, 1.54) is 0 Å². The number of benzene rings is 1. The summed E-state index contributed by atoms with van der Waals surface area (Å²) in [7, 11) is 0. The molecule has 0 amide bonds. The molecule has 0 radical (unpaired) electrons. The lowest BCUT2D eigenvalue weighted by molar-refractivity contribution is -0.0328. The highest BCUT2D eigenvalue weighted by molar-refractivity contribution is 8.00. The molecule has 0 bridgehead atoms. The summed E-state index contributed by atoms with van der Waals surface area (Å²) < 4.78 is 36.9. The number of aryl methyl sites for hydroxylation is 1. The molecule has 21 heavy (non-hydrogen) atoms. The van der Waals surface area contributed by atoms with Gasteiger partial charge >= 0.3 is 5.51 Å². The molecular weight excluding hydrogens is 295 g/mol. The van der Waals surface area contributed by atoms with Gasteiger partial charge in [-0.1, -0.05) is 41.6 Å². The third-order valence-corrected chi connectivity index (χ3v) is 3.93. The number of rotatable bonds is 6. The maximum atomic E-state index is 12.3. The summed E-state index contributed by atoms with van der Waals surface area (Å²) in [4.78, 5) is 0. The number of hydrogen-bond acceptors (Lipinski definition) is 2. The average molecular weight is 319 g/mol. The first-order valence-corrected chi connectivity index (χ1v) is 8.08. The number of nitrogens with one attached hydrogen (secondary N) is 1. The highest BCUT2D eigenvalue weighted by Crippen LogP contribution is 2.33. The zero-order valence-corrected chi connectivity index (χ0v) is 13.9. The normalized spacial score (nSPS) is 14.2. The Bertz CT molecular complexity index is 421. The van der Waals surface area contributed by atoms with Crippen LogP contribution < -0.4 is 5.32 Å². The first kappa shape index (κ1) is 18.4. The van der Waals surface area contributed by atoms with E-state index in [1.54, 1.807) is 0 Å². The van der Waals surface area contributed by atoms with Crippen molar-refractivity contribution < 1.29 is 13.2 Å². The molecule has 0 aliphatic carbocycles. The van der Waals surface area contributed by atoms with Gasteiger partial charge in [0.1, 0.15) is 0 Å². The molecular formula is C16H24F3NS. The zero-order valence-electron chi connectivity index (χ0n) is 13.1. The summed E-state index contributed by atoms with van der Waals surface area (Å²) in [6, 6.07) is 8.05. The van der Waals surface area contributed by atoms with E-state index in [1.807, 2.05) is 31.2 Å². The Hall–Kier alpha value is -0.680. The molecule has 1 N–H and O–H groups in total. The summed E-state index contributed by atoms with van der Waals surface area (Å²) in [5, 5.41) is 3.39. The molecule has 0 aromatic heterocycles. The van der Waals surface area contributed by atoms with E-state index in [0.29, 0.717) is 13.0 Å². The minimum absolute atomic E-state index is 0.0416. The maximum absolute atomic E-state index is 12.3. The quantitative estimate of drug-likeness (QED) is 0.782. The van der Waals surface area contributed by atoms with Crippen LogP contribution in [0.2, 0.25) is 0 Å². The van der Waals surface area contributed by atoms with Crippen molar-refractivity contribution >= 4 is 11.8 Å². The smallest absolute Gasteiger partial charge is 0.311 e. The van der Waals surface area contributed by atoms with Crippen LogP contribution in [0.25, 0.3) is 0 Å². The predicted octanol–water partition coefficient (Wildman–Crippen LogP) is 5.11. The first-order chi connectivity index (χ1) is 9.57. The zero-order chi connectivity index (χ0) is 16.1. The van der Waals surface area contributed by atoms with E-state index in [9.17, 15) is 13.2 Å². The highest BCUT2D eigenvalue weighted by Gasteiger charge is 2.28. The number of halogens is 3. The highest BCUT2D eigenvalue weighted by atomic mass is 32.2. The molecule has 0 spiro atoms. The van der Waals surface area contributed by atoms with Crippen LogP contribution in [0.3, 0.4) is 0 Å². The number of hydrogen-bond donors (Lipinski definition) is 1. The second-order valence-corrected chi connectivity index (χ2v) is 7.48. The second kappa shape index (κ2) is 7.54. The molecule has 1 atom stereocenters. The molecule has 120 valence electrons. The van der Waals surface area contributed by atoms with Crippen LogP contribution in [0.15, 0.2) is 24.3 Å². The van der Waals surface area contributed by atoms with E-state index < -0.39 is 5.51 Å². The molecule has 0 saturated carbocycles. The minimum Gasteiger partial charge on any atom is -0.311 e. The lowest BCUT2D eigenvalue weighted by Gasteiger charge is -2.26. The fourth-order valence-corrected chi connectivity index (χ4v) is 2.61. The van der Waals surface area contributed by atoms with Gasteiger partial charge in [-0.25, -0.2) is 0 Å². The van der Waals surface area contributed by atoms with E-state index >= 15 is 0 Å². The standard InChI is InChI=1S/C16H24F3NS/c1-12-5-7-13(8-6-12)14(11-20-15(2,3)4)9-10-21-16(17,18)19/h5-8,14,20H,9-11H2,1-4H3. The molecule has 1 nitrogen and oxygen atoms in total. The Kier molecular flexibility index (Phi) is 6.60. The van der Waals surface area contributed by atoms with E-state index in [-0.39, 0.29) is 29.0 Å². The Morgan fingerprint density at radius 2 is 1.67 bits per heavy atom. The maximum Gasteiger partial charge on any atom is 0.441 e. The summed E-state index contributed by atoms with van der Waals surface area (Å²) >= 11 is 0.0653. The van der Waals surface area contributed by atoms with E-state index in [2.05, 4.69) is 26.1 Å². The van der Waals surface area contributed by atoms with Crippen molar-refractivity contribution in [2.45, 2.75) is 51.1 Å². The molecule has 0 aliphatic heterocycles. The van der Waals surface area contributed by atoms with Crippen LogP contribution in [0, 0.1) is 6.92 Å². The number of thioether (sulfide) groups is 1. The van der Waals surface area contributed by atoms with Crippen LogP contribution in [0.1, 0.15) is 44.2 Å². The minimum atomic E-state index is -4.14. The second-order valence-electron chi connectivity index (χ2n) is 6.32. The van der Waals surface area contributed by atoms with Crippen molar-refractivity contribution in [2.24, 2.45) is 0 Å². The van der Waals surface area contributed by atoms with Crippen LogP contribution in [-0.2, 0) is 0 Å². The van der Waals surface area contributed by atoms with Gasteiger partial charge in [0.15, 0.2) is 0 Å². The fourth-order valence-electron chi connectivity index (χ4n) is 1.97. The average Bonchev–Trinajstić information content (AvgIpc) is 2.32. The molecule has 1 aromatic carbocycles. The Balaban J connectivity index is 2.67. The van der Waals surface area contributed by atoms with Crippen molar-refractivity contribution in [3.05, 3.63) is 35.4 Å². The van der Waals surface area contributed by atoms with Gasteiger partial charge in [-0.05, 0) is 45.6 Å². The Labute approximate surface area is 129 Å². The summed E-state index contributed by atoms with van der Waals surface area (Å²) in [6.45, 7) is 8.87. The van der Waals surface area contributed by atoms with Gasteiger partial charge in [-0.2, -0.15) is 13.2 Å². The van der Waals surface area contributed by atoms with Crippen LogP contribution in [0.5, 0.6) is 0 Å². The molecule has 5 heteroatoms. The van der Waals surface area contributed by atoms with Gasteiger partial charge in [-0.15, -0.1) is 0 Å². The van der Waals surface area contributed by atoms with Gasteiger partial charge in [-0.3, -0.25) is 0 Å². The van der Waals surface area contributed by atoms with Crippen molar-refractivity contribution in [3.63, 3.8) is 0 Å². The first-order valence-electron chi connectivity index (χ1n) is 7.09. The van der Waals surface area contributed by atoms with Gasteiger partial charge in [0.25, 0.3) is 0 Å². The summed E-state index contributed by atoms with van der Waals surface area (Å²) in [5.41, 5.74) is -1.93. The SMILES string of the molecule is Cc1ccc(C(CCSC(F)(F)F)CNC(C)(C)C)cc1. The molecule has 0 saturated heterocycles. The van der Waals surface area contributed by atoms with Crippen molar-refractivity contribution in [3.8, 4) is 0 Å². The fraction of sp³-hybridized carbons (Fsp3) is 0.625. The molecule has 0 fully saturated rings. The van der Waals surface area contributed by atoms with Crippen LogP contribution in [-0.4, -0.2) is 23.3 Å². The Morgan fingerprint density at radius 3 is 2.14 bits per heavy atom. The predicted molar refractivity (Wildman–Crippen MR) is 84.8 cm³/mol. The summed E-state index contributed by atoms with van der Waals surface area (Å²) in [5.74, 6) is 0.188. The lowest BCUT2D eigenvalue weighted by atomic mass is 9.94. The third-order valence-electron chi connectivity index (χ3n) is 3.16. The third kappa shape index (κ3) is 8.37. The lowest BCUT2D eigenvalue weighted by Crippen LogP contribution is -2.38. The van der Waals surface area contributed by atoms with E-state index in [4.69, 9.17) is 0 Å². The van der Waals surface area contributed by atoms with Crippen molar-refractivity contribution in [1.29, 1.82) is 0 Å². The van der Waals surface area contributed by atoms with Crippen LogP contribution >= 0.6 is 11.8 Å². The largest absolute Gasteiger partial charge is 0.441 e. The van der Waals surface area contributed by atoms with Gasteiger partial charge in [0.2, 0.25) is 0 Å². The van der Waals surface area contributed by atoms with Crippen molar-refractivity contribution in [2.75, 3.05) is 12.3 Å². The van der Waals surface area contributed by atoms with Gasteiger partial charge in [0, 0.05) is 17.8 Å². The van der Waals surface area contributed by atoms with Crippen LogP contribution in [0.4, 0.5) is 13.2 Å². The Morgan fingerprint density at radius 1 is 1.10 bits per heavy atom. The molecule has 1 unspecified atom stereocenters. The summed E-state index contributed by atoms with van der Waals surface area (Å²) in [6.07, 6.45) is 0.510. The van der Waals surface area contributed by atoms with E-state index in [0.717, 1.165) is 11.1 Å². The molecule has 0 heterocycles. The molecule has 1 rings (SSSR count). The van der Waals surface area contributed by atoms with Crippen molar-refractivity contribution in [1.82, 2.24) is 5.32 Å². The monoisotopic (exact) mass is 319 g/mol. The molecule has 0 aliphatic rings. The topological polar surface area (TPSA) is 12.0 Å². The molecule has 1 aromatic rings. The van der Waals surface area contributed by atoms with Gasteiger partial charge < -0.3 is 5.32 Å². The van der Waals surface area contributed by atoms with Gasteiger partial charge in [0.05, 0.1) is 0 Å².